The van der Waals surface area contributed by atoms with Crippen molar-refractivity contribution in [3.63, 3.8) is 0 Å². The fourth-order valence-electron chi connectivity index (χ4n) is 3.31. The molecule has 0 unspecified atom stereocenters. The maximum atomic E-state index is 13.3. The van der Waals surface area contributed by atoms with Gasteiger partial charge in [0, 0.05) is 38.2 Å². The third-order valence-corrected chi connectivity index (χ3v) is 4.91. The van der Waals surface area contributed by atoms with Gasteiger partial charge in [-0.3, -0.25) is 14.5 Å². The molecule has 1 aliphatic heterocycles. The number of morpholine rings is 1. The van der Waals surface area contributed by atoms with Crippen LogP contribution in [0.4, 0.5) is 4.39 Å². The highest BCUT2D eigenvalue weighted by Gasteiger charge is 2.23. The standard InChI is InChI=1S/C22H26FN3O3/c23-19-8-6-17(7-9-19)20(26-12-14-29-15-13-26)16-25-21(27)10-11-24-22(28)18-4-2-1-3-5-18/h1-9,20H,10-16H2,(H,24,28)(H,25,27)/t20-/m1/s1. The molecule has 154 valence electrons. The van der Waals surface area contributed by atoms with E-state index in [1.54, 1.807) is 36.4 Å². The van der Waals surface area contributed by atoms with Crippen molar-refractivity contribution in [2.24, 2.45) is 0 Å². The van der Waals surface area contributed by atoms with Crippen molar-refractivity contribution in [1.29, 1.82) is 0 Å². The SMILES string of the molecule is O=C(CCNC(=O)c1ccccc1)NC[C@H](c1ccc(F)cc1)N1CCOCC1. The lowest BCUT2D eigenvalue weighted by atomic mass is 10.0. The van der Waals surface area contributed by atoms with E-state index in [9.17, 15) is 14.0 Å². The van der Waals surface area contributed by atoms with Crippen LogP contribution in [-0.2, 0) is 9.53 Å². The van der Waals surface area contributed by atoms with Crippen molar-refractivity contribution in [2.45, 2.75) is 12.5 Å². The molecule has 1 atom stereocenters. The first kappa shape index (κ1) is 21.0. The normalized spacial score (nSPS) is 15.5. The summed E-state index contributed by atoms with van der Waals surface area (Å²) in [7, 11) is 0. The molecule has 2 N–H and O–H groups in total. The molecule has 29 heavy (non-hydrogen) atoms. The summed E-state index contributed by atoms with van der Waals surface area (Å²) in [5, 5.41) is 5.69. The highest BCUT2D eigenvalue weighted by Crippen LogP contribution is 2.21. The summed E-state index contributed by atoms with van der Waals surface area (Å²) < 4.78 is 18.7. The maximum Gasteiger partial charge on any atom is 0.251 e. The van der Waals surface area contributed by atoms with Crippen molar-refractivity contribution in [3.8, 4) is 0 Å². The van der Waals surface area contributed by atoms with Crippen LogP contribution in [0, 0.1) is 5.82 Å². The molecule has 3 rings (SSSR count). The van der Waals surface area contributed by atoms with Gasteiger partial charge in [0.05, 0.1) is 19.3 Å². The molecule has 6 nitrogen and oxygen atoms in total. The van der Waals surface area contributed by atoms with E-state index in [2.05, 4.69) is 15.5 Å². The summed E-state index contributed by atoms with van der Waals surface area (Å²) in [5.41, 5.74) is 1.52. The summed E-state index contributed by atoms with van der Waals surface area (Å²) >= 11 is 0. The van der Waals surface area contributed by atoms with Crippen molar-refractivity contribution >= 4 is 11.8 Å². The number of amides is 2. The molecule has 1 saturated heterocycles. The van der Waals surface area contributed by atoms with E-state index in [0.717, 1.165) is 18.7 Å². The number of nitrogens with one attached hydrogen (secondary N) is 2. The number of carbonyl (C=O) groups excluding carboxylic acids is 2. The molecule has 1 heterocycles. The van der Waals surface area contributed by atoms with Crippen LogP contribution in [0.2, 0.25) is 0 Å². The largest absolute Gasteiger partial charge is 0.379 e. The number of rotatable bonds is 8. The lowest BCUT2D eigenvalue weighted by molar-refractivity contribution is -0.121. The second-order valence-electron chi connectivity index (χ2n) is 6.89. The number of hydrogen-bond donors (Lipinski definition) is 2. The van der Waals surface area contributed by atoms with Crippen molar-refractivity contribution in [1.82, 2.24) is 15.5 Å². The Balaban J connectivity index is 1.49. The van der Waals surface area contributed by atoms with Crippen molar-refractivity contribution in [2.75, 3.05) is 39.4 Å². The second-order valence-corrected chi connectivity index (χ2v) is 6.89. The molecule has 0 saturated carbocycles. The van der Waals surface area contributed by atoms with E-state index >= 15 is 0 Å². The summed E-state index contributed by atoms with van der Waals surface area (Å²) in [6.45, 7) is 3.46. The van der Waals surface area contributed by atoms with Gasteiger partial charge in [0.2, 0.25) is 5.91 Å². The van der Waals surface area contributed by atoms with Gasteiger partial charge in [0.25, 0.3) is 5.91 Å². The third-order valence-electron chi connectivity index (χ3n) is 4.91. The average Bonchev–Trinajstić information content (AvgIpc) is 2.76. The molecule has 2 aromatic rings. The highest BCUT2D eigenvalue weighted by molar-refractivity contribution is 5.94. The summed E-state index contributed by atoms with van der Waals surface area (Å²) in [6, 6.07) is 15.2. The quantitative estimate of drug-likeness (QED) is 0.714. The predicted molar refractivity (Wildman–Crippen MR) is 108 cm³/mol. The van der Waals surface area contributed by atoms with Crippen LogP contribution in [0.25, 0.3) is 0 Å². The number of ether oxygens (including phenoxy) is 1. The average molecular weight is 399 g/mol. The minimum absolute atomic E-state index is 0.0534. The smallest absolute Gasteiger partial charge is 0.251 e. The van der Waals surface area contributed by atoms with Gasteiger partial charge in [-0.25, -0.2) is 4.39 Å². The fraction of sp³-hybridized carbons (Fsp3) is 0.364. The third kappa shape index (κ3) is 6.37. The van der Waals surface area contributed by atoms with E-state index < -0.39 is 0 Å². The fourth-order valence-corrected chi connectivity index (χ4v) is 3.31. The molecule has 0 bridgehead atoms. The van der Waals surface area contributed by atoms with Gasteiger partial charge in [0.15, 0.2) is 0 Å². The van der Waals surface area contributed by atoms with E-state index in [-0.39, 0.29) is 36.6 Å². The Morgan fingerprint density at radius 3 is 2.38 bits per heavy atom. The van der Waals surface area contributed by atoms with Crippen LogP contribution in [0.15, 0.2) is 54.6 Å². The van der Waals surface area contributed by atoms with Crippen LogP contribution in [-0.4, -0.2) is 56.1 Å². The maximum absolute atomic E-state index is 13.3. The summed E-state index contributed by atoms with van der Waals surface area (Å²) in [6.07, 6.45) is 0.192. The number of hydrogen-bond acceptors (Lipinski definition) is 4. The Hall–Kier alpha value is -2.77. The summed E-state index contributed by atoms with van der Waals surface area (Å²) in [4.78, 5) is 26.5. The van der Waals surface area contributed by atoms with Crippen LogP contribution < -0.4 is 10.6 Å². The number of benzene rings is 2. The topological polar surface area (TPSA) is 70.7 Å². The van der Waals surface area contributed by atoms with Gasteiger partial charge in [0.1, 0.15) is 5.82 Å². The van der Waals surface area contributed by atoms with Crippen LogP contribution in [0.3, 0.4) is 0 Å². The van der Waals surface area contributed by atoms with E-state index in [1.807, 2.05) is 6.07 Å². The molecule has 0 aliphatic carbocycles. The molecule has 0 radical (unpaired) electrons. The number of nitrogens with zero attached hydrogens (tertiary/aromatic N) is 1. The minimum atomic E-state index is -0.285. The van der Waals surface area contributed by atoms with Gasteiger partial charge < -0.3 is 15.4 Å². The number of halogens is 1. The van der Waals surface area contributed by atoms with Crippen molar-refractivity contribution < 1.29 is 18.7 Å². The Morgan fingerprint density at radius 1 is 1.00 bits per heavy atom. The van der Waals surface area contributed by atoms with Crippen LogP contribution in [0.1, 0.15) is 28.4 Å². The first-order valence-corrected chi connectivity index (χ1v) is 9.80. The van der Waals surface area contributed by atoms with E-state index in [4.69, 9.17) is 4.74 Å². The number of carbonyl (C=O) groups is 2. The molecule has 2 amide bonds. The molecule has 0 aromatic heterocycles. The second kappa shape index (κ2) is 10.7. The highest BCUT2D eigenvalue weighted by atomic mass is 19.1. The van der Waals surface area contributed by atoms with Gasteiger partial charge in [-0.05, 0) is 29.8 Å². The van der Waals surface area contributed by atoms with Crippen LogP contribution >= 0.6 is 0 Å². The van der Waals surface area contributed by atoms with Crippen molar-refractivity contribution in [3.05, 3.63) is 71.5 Å². The van der Waals surface area contributed by atoms with E-state index in [0.29, 0.717) is 25.3 Å². The van der Waals surface area contributed by atoms with Gasteiger partial charge in [-0.15, -0.1) is 0 Å². The molecule has 2 aromatic carbocycles. The molecule has 0 spiro atoms. The monoisotopic (exact) mass is 399 g/mol. The molecule has 1 aliphatic rings. The molecule has 1 fully saturated rings. The first-order chi connectivity index (χ1) is 14.1. The van der Waals surface area contributed by atoms with Gasteiger partial charge in [-0.1, -0.05) is 30.3 Å². The predicted octanol–water partition coefficient (Wildman–Crippen LogP) is 2.14. The molecular formula is C22H26FN3O3. The summed E-state index contributed by atoms with van der Waals surface area (Å²) in [5.74, 6) is -0.623. The Kier molecular flexibility index (Phi) is 7.72. The minimum Gasteiger partial charge on any atom is -0.379 e. The lowest BCUT2D eigenvalue weighted by Crippen LogP contribution is -2.44. The zero-order valence-corrected chi connectivity index (χ0v) is 16.3. The molecule has 7 heteroatoms. The Morgan fingerprint density at radius 2 is 1.69 bits per heavy atom. The lowest BCUT2D eigenvalue weighted by Gasteiger charge is -2.35. The Labute approximate surface area is 170 Å². The van der Waals surface area contributed by atoms with Gasteiger partial charge >= 0.3 is 0 Å². The molecular weight excluding hydrogens is 373 g/mol. The zero-order chi connectivity index (χ0) is 20.5. The van der Waals surface area contributed by atoms with E-state index in [1.165, 1.54) is 12.1 Å². The Bertz CT molecular complexity index is 793. The first-order valence-electron chi connectivity index (χ1n) is 9.80. The van der Waals surface area contributed by atoms with Crippen LogP contribution in [0.5, 0.6) is 0 Å². The van der Waals surface area contributed by atoms with Gasteiger partial charge in [-0.2, -0.15) is 0 Å². The zero-order valence-electron chi connectivity index (χ0n) is 16.3.